The average Bonchev–Trinajstić information content (AvgIpc) is 2.19. The molecule has 0 spiro atoms. The molecule has 0 aromatic heterocycles. The third kappa shape index (κ3) is 3.80. The molecule has 1 aromatic carbocycles. The molecular weight excluding hydrogens is 212 g/mol. The van der Waals surface area contributed by atoms with Crippen LogP contribution < -0.4 is 10.6 Å². The molecule has 0 fully saturated rings. The summed E-state index contributed by atoms with van der Waals surface area (Å²) in [5, 5.41) is 5.40. The first kappa shape index (κ1) is 11.9. The van der Waals surface area contributed by atoms with Crippen molar-refractivity contribution in [2.45, 2.75) is 13.8 Å². The summed E-state index contributed by atoms with van der Waals surface area (Å²) in [6, 6.07) is 5.66. The predicted octanol–water partition coefficient (Wildman–Crippen LogP) is 2.66. The molecule has 0 saturated heterocycles. The first-order valence-corrected chi connectivity index (χ1v) is 5.35. The van der Waals surface area contributed by atoms with Crippen LogP contribution in [0, 0.1) is 13.8 Å². The Balaban J connectivity index is 2.60. The molecule has 0 bridgehead atoms. The van der Waals surface area contributed by atoms with Crippen molar-refractivity contribution in [3.63, 3.8) is 0 Å². The van der Waals surface area contributed by atoms with Crippen molar-refractivity contribution in [1.29, 1.82) is 0 Å². The molecule has 0 atom stereocenters. The van der Waals surface area contributed by atoms with E-state index in [9.17, 15) is 4.79 Å². The van der Waals surface area contributed by atoms with Gasteiger partial charge in [0.1, 0.15) is 0 Å². The molecule has 1 aromatic rings. The Morgan fingerprint density at radius 3 is 2.73 bits per heavy atom. The highest BCUT2D eigenvalue weighted by Gasteiger charge is 2.02. The second-order valence-electron chi connectivity index (χ2n) is 3.39. The van der Waals surface area contributed by atoms with E-state index in [0.717, 1.165) is 11.3 Å². The molecule has 1 rings (SSSR count). The smallest absolute Gasteiger partial charge is 0.319 e. The molecule has 0 saturated carbocycles. The quantitative estimate of drug-likeness (QED) is 0.765. The predicted molar refractivity (Wildman–Crippen MR) is 63.7 cm³/mol. The van der Waals surface area contributed by atoms with Crippen molar-refractivity contribution in [2.24, 2.45) is 0 Å². The largest absolute Gasteiger partial charge is 0.337 e. The molecule has 2 N–H and O–H groups in total. The molecule has 4 heteroatoms. The van der Waals surface area contributed by atoms with E-state index in [4.69, 9.17) is 11.6 Å². The van der Waals surface area contributed by atoms with Gasteiger partial charge in [0.25, 0.3) is 0 Å². The van der Waals surface area contributed by atoms with Crippen LogP contribution in [0.2, 0.25) is 0 Å². The lowest BCUT2D eigenvalue weighted by molar-refractivity contribution is 0.252. The molecular formula is C11H15ClN2O. The number of nitrogens with one attached hydrogen (secondary N) is 2. The molecule has 3 nitrogen and oxygen atoms in total. The van der Waals surface area contributed by atoms with Crippen molar-refractivity contribution in [3.8, 4) is 0 Å². The molecule has 0 aliphatic carbocycles. The standard InChI is InChI=1S/C11H15ClN2O/c1-8-3-4-10(9(2)7-8)14-11(15)13-6-5-12/h3-4,7H,5-6H2,1-2H3,(H2,13,14,15). The fourth-order valence-corrected chi connectivity index (χ4v) is 1.38. The monoisotopic (exact) mass is 226 g/mol. The van der Waals surface area contributed by atoms with Gasteiger partial charge in [0.15, 0.2) is 0 Å². The number of hydrogen-bond acceptors (Lipinski definition) is 1. The minimum atomic E-state index is -0.220. The molecule has 0 unspecified atom stereocenters. The number of hydrogen-bond donors (Lipinski definition) is 2. The van der Waals surface area contributed by atoms with Gasteiger partial charge in [-0.3, -0.25) is 0 Å². The Labute approximate surface area is 94.8 Å². The third-order valence-electron chi connectivity index (χ3n) is 2.01. The molecule has 82 valence electrons. The van der Waals surface area contributed by atoms with E-state index in [1.165, 1.54) is 5.56 Å². The SMILES string of the molecule is Cc1ccc(NC(=O)NCCCl)c(C)c1. The summed E-state index contributed by atoms with van der Waals surface area (Å²) in [4.78, 5) is 11.3. The van der Waals surface area contributed by atoms with Crippen molar-refractivity contribution >= 4 is 23.3 Å². The van der Waals surface area contributed by atoms with Crippen LogP contribution >= 0.6 is 11.6 Å². The molecule has 0 heterocycles. The summed E-state index contributed by atoms with van der Waals surface area (Å²) in [6.07, 6.45) is 0. The van der Waals surface area contributed by atoms with Crippen molar-refractivity contribution in [2.75, 3.05) is 17.7 Å². The minimum absolute atomic E-state index is 0.220. The highest BCUT2D eigenvalue weighted by atomic mass is 35.5. The number of halogens is 1. The zero-order valence-electron chi connectivity index (χ0n) is 8.93. The van der Waals surface area contributed by atoms with E-state index in [2.05, 4.69) is 10.6 Å². The Morgan fingerprint density at radius 1 is 1.40 bits per heavy atom. The van der Waals surface area contributed by atoms with Crippen LogP contribution in [0.4, 0.5) is 10.5 Å². The lowest BCUT2D eigenvalue weighted by atomic mass is 10.1. The number of urea groups is 1. The first-order chi connectivity index (χ1) is 7.13. The molecule has 0 aliphatic heterocycles. The summed E-state index contributed by atoms with van der Waals surface area (Å²) in [7, 11) is 0. The maximum Gasteiger partial charge on any atom is 0.319 e. The van der Waals surface area contributed by atoms with Crippen molar-refractivity contribution in [1.82, 2.24) is 5.32 Å². The number of aryl methyl sites for hydroxylation is 2. The molecule has 0 radical (unpaired) electrons. The van der Waals surface area contributed by atoms with Crippen LogP contribution in [-0.2, 0) is 0 Å². The van der Waals surface area contributed by atoms with Gasteiger partial charge in [0.05, 0.1) is 0 Å². The average molecular weight is 227 g/mol. The van der Waals surface area contributed by atoms with Gasteiger partial charge in [-0.1, -0.05) is 17.7 Å². The summed E-state index contributed by atoms with van der Waals surface area (Å²) in [5.74, 6) is 0.417. The molecule has 15 heavy (non-hydrogen) atoms. The number of rotatable bonds is 3. The van der Waals surface area contributed by atoms with Gasteiger partial charge < -0.3 is 10.6 Å². The first-order valence-electron chi connectivity index (χ1n) is 4.81. The van der Waals surface area contributed by atoms with Crippen molar-refractivity contribution in [3.05, 3.63) is 29.3 Å². The third-order valence-corrected chi connectivity index (χ3v) is 2.20. The van der Waals surface area contributed by atoms with Crippen LogP contribution in [0.25, 0.3) is 0 Å². The van der Waals surface area contributed by atoms with Crippen LogP contribution in [0.1, 0.15) is 11.1 Å². The van der Waals surface area contributed by atoms with Crippen LogP contribution in [-0.4, -0.2) is 18.5 Å². The number of amides is 2. The number of carbonyl (C=O) groups excluding carboxylic acids is 1. The Bertz CT molecular complexity index is 352. The highest BCUT2D eigenvalue weighted by molar-refractivity contribution is 6.18. The second kappa shape index (κ2) is 5.61. The summed E-state index contributed by atoms with van der Waals surface area (Å²) in [6.45, 7) is 4.45. The fourth-order valence-electron chi connectivity index (χ4n) is 1.28. The summed E-state index contributed by atoms with van der Waals surface area (Å²) in [5.41, 5.74) is 3.06. The van der Waals surface area contributed by atoms with E-state index in [-0.39, 0.29) is 6.03 Å². The zero-order chi connectivity index (χ0) is 11.3. The van der Waals surface area contributed by atoms with E-state index in [1.54, 1.807) is 0 Å². The maximum atomic E-state index is 11.3. The van der Waals surface area contributed by atoms with Gasteiger partial charge in [0.2, 0.25) is 0 Å². The van der Waals surface area contributed by atoms with Crippen LogP contribution in [0.5, 0.6) is 0 Å². The van der Waals surface area contributed by atoms with Gasteiger partial charge in [0, 0.05) is 18.1 Å². The number of benzene rings is 1. The number of anilines is 1. The van der Waals surface area contributed by atoms with Gasteiger partial charge in [-0.2, -0.15) is 0 Å². The topological polar surface area (TPSA) is 41.1 Å². The highest BCUT2D eigenvalue weighted by Crippen LogP contribution is 2.15. The summed E-state index contributed by atoms with van der Waals surface area (Å²) >= 11 is 5.46. The number of alkyl halides is 1. The van der Waals surface area contributed by atoms with Crippen LogP contribution in [0.3, 0.4) is 0 Å². The zero-order valence-corrected chi connectivity index (χ0v) is 9.69. The fraction of sp³-hybridized carbons (Fsp3) is 0.364. The second-order valence-corrected chi connectivity index (χ2v) is 3.77. The summed E-state index contributed by atoms with van der Waals surface area (Å²) < 4.78 is 0. The normalized spacial score (nSPS) is 9.80. The number of carbonyl (C=O) groups is 1. The van der Waals surface area contributed by atoms with E-state index in [0.29, 0.717) is 12.4 Å². The van der Waals surface area contributed by atoms with Crippen LogP contribution in [0.15, 0.2) is 18.2 Å². The minimum Gasteiger partial charge on any atom is -0.337 e. The lowest BCUT2D eigenvalue weighted by Gasteiger charge is -2.09. The van der Waals surface area contributed by atoms with Gasteiger partial charge in [-0.05, 0) is 25.5 Å². The lowest BCUT2D eigenvalue weighted by Crippen LogP contribution is -2.30. The Hall–Kier alpha value is -1.22. The Kier molecular flexibility index (Phi) is 4.43. The Morgan fingerprint density at radius 2 is 2.13 bits per heavy atom. The van der Waals surface area contributed by atoms with Gasteiger partial charge in [-0.15, -0.1) is 11.6 Å². The molecule has 0 aliphatic rings. The van der Waals surface area contributed by atoms with E-state index >= 15 is 0 Å². The van der Waals surface area contributed by atoms with Crippen molar-refractivity contribution < 1.29 is 4.79 Å². The van der Waals surface area contributed by atoms with Gasteiger partial charge >= 0.3 is 6.03 Å². The van der Waals surface area contributed by atoms with E-state index < -0.39 is 0 Å². The van der Waals surface area contributed by atoms with E-state index in [1.807, 2.05) is 32.0 Å². The molecule has 2 amide bonds. The maximum absolute atomic E-state index is 11.3. The van der Waals surface area contributed by atoms with Gasteiger partial charge in [-0.25, -0.2) is 4.79 Å².